The average molecular weight is 355 g/mol. The molecule has 0 radical (unpaired) electrons. The van der Waals surface area contributed by atoms with Crippen molar-refractivity contribution in [3.63, 3.8) is 0 Å². The van der Waals surface area contributed by atoms with Crippen LogP contribution in [0, 0.1) is 0 Å². The lowest BCUT2D eigenvalue weighted by Crippen LogP contribution is -2.47. The predicted octanol–water partition coefficient (Wildman–Crippen LogP) is 1.72. The maximum atomic E-state index is 12.2. The molecule has 0 unspecified atom stereocenters. The number of carbonyl (C=O) groups excluding carboxylic acids is 2. The fourth-order valence-electron chi connectivity index (χ4n) is 2.54. The molecule has 1 N–H and O–H groups in total. The quantitative estimate of drug-likeness (QED) is 0.757. The predicted molar refractivity (Wildman–Crippen MR) is 91.2 cm³/mol. The van der Waals surface area contributed by atoms with E-state index in [1.807, 2.05) is 0 Å². The lowest BCUT2D eigenvalue weighted by Gasteiger charge is -2.32. The summed E-state index contributed by atoms with van der Waals surface area (Å²) in [4.78, 5) is 26.0. The number of rotatable bonds is 7. The molecule has 0 aliphatic carbocycles. The molecule has 1 saturated heterocycles. The van der Waals surface area contributed by atoms with Gasteiger partial charge in [-0.15, -0.1) is 0 Å². The molecular weight excluding hydrogens is 332 g/mol. The van der Waals surface area contributed by atoms with Crippen molar-refractivity contribution < 1.29 is 19.1 Å². The summed E-state index contributed by atoms with van der Waals surface area (Å²) in [6.07, 6.45) is 1.48. The van der Waals surface area contributed by atoms with Gasteiger partial charge in [-0.05, 0) is 37.1 Å². The normalized spacial score (nSPS) is 15.3. The van der Waals surface area contributed by atoms with E-state index in [0.717, 1.165) is 12.8 Å². The summed E-state index contributed by atoms with van der Waals surface area (Å²) in [6.45, 7) is 2.21. The Bertz CT molecular complexity index is 542. The Morgan fingerprint density at radius 3 is 2.50 bits per heavy atom. The first-order valence-corrected chi connectivity index (χ1v) is 8.39. The van der Waals surface area contributed by atoms with Gasteiger partial charge in [-0.3, -0.25) is 9.59 Å². The van der Waals surface area contributed by atoms with E-state index in [2.05, 4.69) is 5.32 Å². The fraction of sp³-hybridized carbons (Fsp3) is 0.529. The van der Waals surface area contributed by atoms with Gasteiger partial charge in [0.25, 0.3) is 5.91 Å². The van der Waals surface area contributed by atoms with Crippen LogP contribution in [0.15, 0.2) is 24.3 Å². The SMILES string of the molecule is COCCOCC(=O)N1CCC(NC(=O)c2ccc(Cl)cc2)CC1. The van der Waals surface area contributed by atoms with Crippen LogP contribution < -0.4 is 5.32 Å². The van der Waals surface area contributed by atoms with Gasteiger partial charge in [0, 0.05) is 36.8 Å². The second kappa shape index (κ2) is 9.61. The highest BCUT2D eigenvalue weighted by Crippen LogP contribution is 2.13. The van der Waals surface area contributed by atoms with Crippen molar-refractivity contribution in [1.82, 2.24) is 10.2 Å². The third-order valence-electron chi connectivity index (χ3n) is 3.95. The van der Waals surface area contributed by atoms with Crippen molar-refractivity contribution in [2.24, 2.45) is 0 Å². The summed E-state index contributed by atoms with van der Waals surface area (Å²) in [5.74, 6) is -0.132. The Kier molecular flexibility index (Phi) is 7.49. The summed E-state index contributed by atoms with van der Waals surface area (Å²) in [7, 11) is 1.59. The zero-order valence-corrected chi connectivity index (χ0v) is 14.6. The molecule has 1 aromatic carbocycles. The molecule has 1 heterocycles. The minimum atomic E-state index is -0.112. The van der Waals surface area contributed by atoms with Gasteiger partial charge in [0.1, 0.15) is 6.61 Å². The van der Waals surface area contributed by atoms with Crippen LogP contribution in [-0.2, 0) is 14.3 Å². The van der Waals surface area contributed by atoms with Gasteiger partial charge >= 0.3 is 0 Å². The highest BCUT2D eigenvalue weighted by atomic mass is 35.5. The van der Waals surface area contributed by atoms with E-state index < -0.39 is 0 Å². The summed E-state index contributed by atoms with van der Waals surface area (Å²) < 4.78 is 10.1. The van der Waals surface area contributed by atoms with Crippen LogP contribution in [0.5, 0.6) is 0 Å². The van der Waals surface area contributed by atoms with E-state index in [4.69, 9.17) is 21.1 Å². The number of halogens is 1. The number of likely N-dealkylation sites (tertiary alicyclic amines) is 1. The average Bonchev–Trinajstić information content (AvgIpc) is 2.59. The van der Waals surface area contributed by atoms with E-state index in [0.29, 0.717) is 36.9 Å². The molecular formula is C17H23ClN2O4. The van der Waals surface area contributed by atoms with E-state index >= 15 is 0 Å². The van der Waals surface area contributed by atoms with Gasteiger partial charge in [-0.25, -0.2) is 0 Å². The third-order valence-corrected chi connectivity index (χ3v) is 4.20. The van der Waals surface area contributed by atoms with Crippen LogP contribution in [0.4, 0.5) is 0 Å². The van der Waals surface area contributed by atoms with Crippen LogP contribution in [0.25, 0.3) is 0 Å². The van der Waals surface area contributed by atoms with E-state index in [1.54, 1.807) is 36.3 Å². The van der Waals surface area contributed by atoms with Crippen molar-refractivity contribution in [1.29, 1.82) is 0 Å². The number of nitrogens with zero attached hydrogens (tertiary/aromatic N) is 1. The molecule has 132 valence electrons. The van der Waals surface area contributed by atoms with Crippen LogP contribution in [-0.4, -0.2) is 62.8 Å². The lowest BCUT2D eigenvalue weighted by atomic mass is 10.0. The molecule has 2 amide bonds. The number of amides is 2. The van der Waals surface area contributed by atoms with E-state index in [9.17, 15) is 9.59 Å². The molecule has 0 aromatic heterocycles. The molecule has 7 heteroatoms. The van der Waals surface area contributed by atoms with Crippen molar-refractivity contribution in [2.75, 3.05) is 40.0 Å². The zero-order valence-electron chi connectivity index (χ0n) is 13.8. The van der Waals surface area contributed by atoms with Crippen molar-refractivity contribution in [3.05, 3.63) is 34.9 Å². The Morgan fingerprint density at radius 1 is 1.21 bits per heavy atom. The van der Waals surface area contributed by atoms with Crippen molar-refractivity contribution in [3.8, 4) is 0 Å². The largest absolute Gasteiger partial charge is 0.382 e. The fourth-order valence-corrected chi connectivity index (χ4v) is 2.66. The minimum Gasteiger partial charge on any atom is -0.382 e. The van der Waals surface area contributed by atoms with Crippen LogP contribution in [0.1, 0.15) is 23.2 Å². The topological polar surface area (TPSA) is 67.9 Å². The number of nitrogens with one attached hydrogen (secondary N) is 1. The number of hydrogen-bond acceptors (Lipinski definition) is 4. The molecule has 24 heavy (non-hydrogen) atoms. The van der Waals surface area contributed by atoms with Crippen molar-refractivity contribution in [2.45, 2.75) is 18.9 Å². The molecule has 1 aliphatic heterocycles. The summed E-state index contributed by atoms with van der Waals surface area (Å²) in [6, 6.07) is 6.87. The first-order valence-electron chi connectivity index (χ1n) is 8.01. The van der Waals surface area contributed by atoms with Crippen LogP contribution >= 0.6 is 11.6 Å². The number of piperidine rings is 1. The first kappa shape index (κ1) is 18.7. The molecule has 0 saturated carbocycles. The number of methoxy groups -OCH3 is 1. The second-order valence-corrected chi connectivity index (χ2v) is 6.12. The van der Waals surface area contributed by atoms with Crippen LogP contribution in [0.2, 0.25) is 5.02 Å². The molecule has 2 rings (SSSR count). The second-order valence-electron chi connectivity index (χ2n) is 5.68. The van der Waals surface area contributed by atoms with Gasteiger partial charge in [0.05, 0.1) is 13.2 Å². The third kappa shape index (κ3) is 5.78. The molecule has 1 aromatic rings. The van der Waals surface area contributed by atoms with E-state index in [-0.39, 0.29) is 24.5 Å². The first-order chi connectivity index (χ1) is 11.6. The molecule has 6 nitrogen and oxygen atoms in total. The Morgan fingerprint density at radius 2 is 1.88 bits per heavy atom. The monoisotopic (exact) mass is 354 g/mol. The summed E-state index contributed by atoms with van der Waals surface area (Å²) in [5.41, 5.74) is 0.587. The van der Waals surface area contributed by atoms with Crippen LogP contribution in [0.3, 0.4) is 0 Å². The number of carbonyl (C=O) groups is 2. The zero-order chi connectivity index (χ0) is 17.4. The minimum absolute atomic E-state index is 0.0198. The molecule has 0 spiro atoms. The Labute approximate surface area is 147 Å². The highest BCUT2D eigenvalue weighted by molar-refractivity contribution is 6.30. The maximum Gasteiger partial charge on any atom is 0.251 e. The standard InChI is InChI=1S/C17H23ClN2O4/c1-23-10-11-24-12-16(21)20-8-6-15(7-9-20)19-17(22)13-2-4-14(18)5-3-13/h2-5,15H,6-12H2,1H3,(H,19,22). The summed E-state index contributed by atoms with van der Waals surface area (Å²) >= 11 is 5.82. The molecule has 1 aliphatic rings. The van der Waals surface area contributed by atoms with Gasteiger partial charge in [-0.2, -0.15) is 0 Å². The van der Waals surface area contributed by atoms with Gasteiger partial charge in [-0.1, -0.05) is 11.6 Å². The lowest BCUT2D eigenvalue weighted by molar-refractivity contribution is -0.137. The van der Waals surface area contributed by atoms with Crippen molar-refractivity contribution >= 4 is 23.4 Å². The van der Waals surface area contributed by atoms with E-state index in [1.165, 1.54) is 0 Å². The Balaban J connectivity index is 1.71. The molecule has 0 bridgehead atoms. The smallest absolute Gasteiger partial charge is 0.251 e. The van der Waals surface area contributed by atoms with Gasteiger partial charge in [0.15, 0.2) is 0 Å². The number of hydrogen-bond donors (Lipinski definition) is 1. The van der Waals surface area contributed by atoms with Gasteiger partial charge < -0.3 is 19.7 Å². The maximum absolute atomic E-state index is 12.2. The molecule has 0 atom stereocenters. The number of ether oxygens (including phenoxy) is 2. The Hall–Kier alpha value is -1.63. The summed E-state index contributed by atoms with van der Waals surface area (Å²) in [5, 5.41) is 3.61. The highest BCUT2D eigenvalue weighted by Gasteiger charge is 2.24. The number of benzene rings is 1. The van der Waals surface area contributed by atoms with Gasteiger partial charge in [0.2, 0.25) is 5.91 Å². The molecule has 1 fully saturated rings.